The van der Waals surface area contributed by atoms with Gasteiger partial charge in [0.15, 0.2) is 0 Å². The molecule has 5 nitrogen and oxygen atoms in total. The Bertz CT molecular complexity index is 507. The van der Waals surface area contributed by atoms with Gasteiger partial charge in [-0.2, -0.15) is 0 Å². The molecule has 0 saturated carbocycles. The molecule has 0 aliphatic rings. The number of anilines is 1. The van der Waals surface area contributed by atoms with Crippen LogP contribution >= 0.6 is 0 Å². The summed E-state index contributed by atoms with van der Waals surface area (Å²) < 4.78 is 26.3. The maximum atomic E-state index is 11.9. The standard InChI is InChI=1S/C13H21N3O2S/c1-11(2)16-19(17,18)13-7-5-12(6-8-13)15-10-4-3-9-14/h3-8,11,15-16H,9-10,14H2,1-2H3/b4-3+. The highest BCUT2D eigenvalue weighted by atomic mass is 32.2. The Balaban J connectivity index is 2.68. The van der Waals surface area contributed by atoms with Gasteiger partial charge < -0.3 is 11.1 Å². The summed E-state index contributed by atoms with van der Waals surface area (Å²) >= 11 is 0. The number of nitrogens with one attached hydrogen (secondary N) is 2. The number of nitrogens with two attached hydrogens (primary N) is 1. The number of benzene rings is 1. The van der Waals surface area contributed by atoms with Crippen LogP contribution < -0.4 is 15.8 Å². The lowest BCUT2D eigenvalue weighted by Gasteiger charge is -2.10. The average molecular weight is 283 g/mol. The van der Waals surface area contributed by atoms with Crippen LogP contribution in [-0.4, -0.2) is 27.5 Å². The lowest BCUT2D eigenvalue weighted by atomic mass is 10.3. The third-order valence-electron chi connectivity index (χ3n) is 2.28. The van der Waals surface area contributed by atoms with Gasteiger partial charge in [-0.25, -0.2) is 13.1 Å². The van der Waals surface area contributed by atoms with E-state index in [1.165, 1.54) is 0 Å². The third-order valence-corrected chi connectivity index (χ3v) is 3.96. The largest absolute Gasteiger partial charge is 0.382 e. The zero-order chi connectivity index (χ0) is 14.3. The van der Waals surface area contributed by atoms with Gasteiger partial charge in [0, 0.05) is 24.8 Å². The van der Waals surface area contributed by atoms with Crippen molar-refractivity contribution in [3.05, 3.63) is 36.4 Å². The first kappa shape index (κ1) is 15.7. The second kappa shape index (κ2) is 7.28. The second-order valence-corrected chi connectivity index (χ2v) is 6.10. The number of rotatable bonds is 7. The first-order valence-electron chi connectivity index (χ1n) is 6.17. The lowest BCUT2D eigenvalue weighted by Crippen LogP contribution is -2.30. The van der Waals surface area contributed by atoms with Gasteiger partial charge >= 0.3 is 0 Å². The molecule has 0 aliphatic heterocycles. The maximum absolute atomic E-state index is 11.9. The van der Waals surface area contributed by atoms with E-state index in [1.807, 2.05) is 12.2 Å². The number of hydrogen-bond donors (Lipinski definition) is 3. The van der Waals surface area contributed by atoms with Crippen molar-refractivity contribution in [2.24, 2.45) is 5.73 Å². The van der Waals surface area contributed by atoms with Crippen molar-refractivity contribution in [3.63, 3.8) is 0 Å². The summed E-state index contributed by atoms with van der Waals surface area (Å²) in [7, 11) is -3.41. The van der Waals surface area contributed by atoms with Crippen molar-refractivity contribution < 1.29 is 8.42 Å². The average Bonchev–Trinajstić information content (AvgIpc) is 2.34. The zero-order valence-electron chi connectivity index (χ0n) is 11.3. The fourth-order valence-corrected chi connectivity index (χ4v) is 2.74. The zero-order valence-corrected chi connectivity index (χ0v) is 12.1. The molecule has 106 valence electrons. The van der Waals surface area contributed by atoms with E-state index in [0.717, 1.165) is 5.69 Å². The minimum atomic E-state index is -3.41. The summed E-state index contributed by atoms with van der Waals surface area (Å²) in [6.07, 6.45) is 3.78. The predicted molar refractivity (Wildman–Crippen MR) is 78.6 cm³/mol. The lowest BCUT2D eigenvalue weighted by molar-refractivity contribution is 0.570. The monoisotopic (exact) mass is 283 g/mol. The molecular weight excluding hydrogens is 262 g/mol. The maximum Gasteiger partial charge on any atom is 0.240 e. The fraction of sp³-hybridized carbons (Fsp3) is 0.385. The third kappa shape index (κ3) is 5.42. The Kier molecular flexibility index (Phi) is 6.01. The Hall–Kier alpha value is -1.37. The van der Waals surface area contributed by atoms with E-state index in [4.69, 9.17) is 5.73 Å². The van der Waals surface area contributed by atoms with Gasteiger partial charge in [-0.1, -0.05) is 12.2 Å². The molecule has 1 aromatic rings. The van der Waals surface area contributed by atoms with Crippen LogP contribution in [0.4, 0.5) is 5.69 Å². The summed E-state index contributed by atoms with van der Waals surface area (Å²) in [5.41, 5.74) is 6.19. The van der Waals surface area contributed by atoms with Crippen molar-refractivity contribution in [1.29, 1.82) is 0 Å². The van der Waals surface area contributed by atoms with E-state index in [1.54, 1.807) is 38.1 Å². The molecule has 0 aromatic heterocycles. The molecule has 0 amide bonds. The quantitative estimate of drug-likeness (QED) is 0.659. The Labute approximate surface area is 114 Å². The van der Waals surface area contributed by atoms with Crippen molar-refractivity contribution in [2.45, 2.75) is 24.8 Å². The molecule has 0 radical (unpaired) electrons. The van der Waals surface area contributed by atoms with Gasteiger partial charge in [0.2, 0.25) is 10.0 Å². The van der Waals surface area contributed by atoms with Gasteiger partial charge in [0.25, 0.3) is 0 Å². The molecule has 0 bridgehead atoms. The fourth-order valence-electron chi connectivity index (χ4n) is 1.49. The van der Waals surface area contributed by atoms with Crippen molar-refractivity contribution >= 4 is 15.7 Å². The molecule has 0 atom stereocenters. The van der Waals surface area contributed by atoms with Crippen LogP contribution in [0.1, 0.15) is 13.8 Å². The van der Waals surface area contributed by atoms with Gasteiger partial charge in [-0.05, 0) is 38.1 Å². The first-order valence-corrected chi connectivity index (χ1v) is 7.65. The second-order valence-electron chi connectivity index (χ2n) is 4.39. The minimum absolute atomic E-state index is 0.121. The smallest absolute Gasteiger partial charge is 0.240 e. The van der Waals surface area contributed by atoms with E-state index < -0.39 is 10.0 Å². The molecule has 0 heterocycles. The van der Waals surface area contributed by atoms with Gasteiger partial charge in [-0.15, -0.1) is 0 Å². The Morgan fingerprint density at radius 1 is 1.21 bits per heavy atom. The van der Waals surface area contributed by atoms with Crippen molar-refractivity contribution in [1.82, 2.24) is 4.72 Å². The number of sulfonamides is 1. The highest BCUT2D eigenvalue weighted by Gasteiger charge is 2.14. The molecule has 4 N–H and O–H groups in total. The summed E-state index contributed by atoms with van der Waals surface area (Å²) in [5, 5.41) is 3.14. The summed E-state index contributed by atoms with van der Waals surface area (Å²) in [4.78, 5) is 0.268. The predicted octanol–water partition coefficient (Wildman–Crippen LogP) is 1.30. The first-order chi connectivity index (χ1) is 8.95. The SMILES string of the molecule is CC(C)NS(=O)(=O)c1ccc(NC/C=C/CN)cc1. The van der Waals surface area contributed by atoms with Crippen LogP contribution in [0.2, 0.25) is 0 Å². The minimum Gasteiger partial charge on any atom is -0.382 e. The molecule has 0 spiro atoms. The van der Waals surface area contributed by atoms with E-state index in [9.17, 15) is 8.42 Å². The van der Waals surface area contributed by atoms with E-state index >= 15 is 0 Å². The molecule has 1 rings (SSSR count). The summed E-state index contributed by atoms with van der Waals surface area (Å²) in [6, 6.07) is 6.53. The summed E-state index contributed by atoms with van der Waals surface area (Å²) in [5.74, 6) is 0. The van der Waals surface area contributed by atoms with Crippen molar-refractivity contribution in [2.75, 3.05) is 18.4 Å². The van der Waals surface area contributed by atoms with Gasteiger partial charge in [0.05, 0.1) is 4.90 Å². The van der Waals surface area contributed by atoms with Crippen LogP contribution in [-0.2, 0) is 10.0 Å². The molecule has 0 unspecified atom stereocenters. The summed E-state index contributed by atoms with van der Waals surface area (Å²) in [6.45, 7) is 4.75. The number of hydrogen-bond acceptors (Lipinski definition) is 4. The molecule has 0 aliphatic carbocycles. The molecule has 1 aromatic carbocycles. The molecule has 19 heavy (non-hydrogen) atoms. The Morgan fingerprint density at radius 3 is 2.37 bits per heavy atom. The molecule has 6 heteroatoms. The van der Waals surface area contributed by atoms with Crippen LogP contribution in [0.5, 0.6) is 0 Å². The van der Waals surface area contributed by atoms with Crippen molar-refractivity contribution in [3.8, 4) is 0 Å². The molecular formula is C13H21N3O2S. The topological polar surface area (TPSA) is 84.2 Å². The normalized spacial score (nSPS) is 12.2. The van der Waals surface area contributed by atoms with Gasteiger partial charge in [-0.3, -0.25) is 0 Å². The Morgan fingerprint density at radius 2 is 1.84 bits per heavy atom. The highest BCUT2D eigenvalue weighted by molar-refractivity contribution is 7.89. The van der Waals surface area contributed by atoms with Crippen LogP contribution in [0.25, 0.3) is 0 Å². The van der Waals surface area contributed by atoms with E-state index in [2.05, 4.69) is 10.0 Å². The van der Waals surface area contributed by atoms with E-state index in [0.29, 0.717) is 13.1 Å². The molecule has 0 fully saturated rings. The highest BCUT2D eigenvalue weighted by Crippen LogP contribution is 2.14. The van der Waals surface area contributed by atoms with Crippen LogP contribution in [0.3, 0.4) is 0 Å². The van der Waals surface area contributed by atoms with Gasteiger partial charge in [0.1, 0.15) is 0 Å². The molecule has 0 saturated heterocycles. The van der Waals surface area contributed by atoms with Crippen LogP contribution in [0, 0.1) is 0 Å². The van der Waals surface area contributed by atoms with Crippen LogP contribution in [0.15, 0.2) is 41.3 Å². The van der Waals surface area contributed by atoms with E-state index in [-0.39, 0.29) is 10.9 Å².